The lowest BCUT2D eigenvalue weighted by Gasteiger charge is -2.36. The van der Waals surface area contributed by atoms with Crippen LogP contribution in [0.25, 0.3) is 0 Å². The highest BCUT2D eigenvalue weighted by molar-refractivity contribution is 7.11. The smallest absolute Gasteiger partial charge is 0.466 e. The number of ether oxygens (including phenoxy) is 1. The molecule has 1 amide bonds. The minimum atomic E-state index is -4.94. The second kappa shape index (κ2) is 10.5. The summed E-state index contributed by atoms with van der Waals surface area (Å²) in [5.74, 6) is -2.78. The molecule has 1 atom stereocenters. The summed E-state index contributed by atoms with van der Waals surface area (Å²) in [4.78, 5) is 35.9. The van der Waals surface area contributed by atoms with Gasteiger partial charge in [-0.3, -0.25) is 14.7 Å². The number of aromatic nitrogens is 1. The minimum Gasteiger partial charge on any atom is -0.466 e. The fourth-order valence-electron chi connectivity index (χ4n) is 3.98. The van der Waals surface area contributed by atoms with E-state index in [0.29, 0.717) is 22.1 Å². The third-order valence-electron chi connectivity index (χ3n) is 5.71. The number of thiazole rings is 1. The number of nitrogens with one attached hydrogen (secondary N) is 1. The molecule has 1 unspecified atom stereocenters. The van der Waals surface area contributed by atoms with Crippen LogP contribution in [0.15, 0.2) is 46.0 Å². The fraction of sp³-hybridized carbons (Fsp3) is 0.364. The fourth-order valence-corrected chi connectivity index (χ4v) is 4.84. The number of methoxy groups -OCH3 is 1. The van der Waals surface area contributed by atoms with Crippen LogP contribution in [-0.2, 0) is 14.3 Å². The lowest BCUT2D eigenvalue weighted by Crippen LogP contribution is -2.53. The second-order valence-corrected chi connectivity index (χ2v) is 9.26. The standard InChI is InChI=1S/C22H20ClF4N5O3S/c1-35-20(33)16-15(11-31-5-7-32(8-6-31)21(34)22(25,26)27)29-18(19-28-4-9-36-19)30-17(16)13-3-2-12(24)10-14(13)23/h2-4,9-10,17H,5-8,11H2,1H3,(H,29,30). The summed E-state index contributed by atoms with van der Waals surface area (Å²) in [6.07, 6.45) is -3.35. The maximum absolute atomic E-state index is 13.7. The molecule has 1 aromatic carbocycles. The second-order valence-electron chi connectivity index (χ2n) is 7.96. The summed E-state index contributed by atoms with van der Waals surface area (Å²) in [5.41, 5.74) is 0.885. The number of aliphatic imine (C=N–C) groups is 1. The molecule has 1 N–H and O–H groups in total. The number of rotatable bonds is 5. The van der Waals surface area contributed by atoms with Crippen molar-refractivity contribution < 1.29 is 31.9 Å². The summed E-state index contributed by atoms with van der Waals surface area (Å²) in [6, 6.07) is 2.79. The normalized spacial score (nSPS) is 19.1. The van der Waals surface area contributed by atoms with Gasteiger partial charge in [-0.15, -0.1) is 11.3 Å². The van der Waals surface area contributed by atoms with E-state index in [1.54, 1.807) is 16.5 Å². The average Bonchev–Trinajstić information content (AvgIpc) is 3.38. The van der Waals surface area contributed by atoms with Gasteiger partial charge >= 0.3 is 18.1 Å². The molecule has 8 nitrogen and oxygen atoms in total. The van der Waals surface area contributed by atoms with E-state index >= 15 is 0 Å². The van der Waals surface area contributed by atoms with E-state index in [1.165, 1.54) is 30.6 Å². The van der Waals surface area contributed by atoms with Crippen molar-refractivity contribution in [3.63, 3.8) is 0 Å². The van der Waals surface area contributed by atoms with Crippen molar-refractivity contribution in [3.8, 4) is 0 Å². The predicted octanol–water partition coefficient (Wildman–Crippen LogP) is 3.16. The summed E-state index contributed by atoms with van der Waals surface area (Å²) >= 11 is 7.62. The van der Waals surface area contributed by atoms with E-state index in [4.69, 9.17) is 16.3 Å². The topological polar surface area (TPSA) is 87.1 Å². The lowest BCUT2D eigenvalue weighted by atomic mass is 9.95. The van der Waals surface area contributed by atoms with Gasteiger partial charge in [-0.05, 0) is 12.1 Å². The Hall–Kier alpha value is -3.03. The van der Waals surface area contributed by atoms with Crippen LogP contribution < -0.4 is 5.32 Å². The van der Waals surface area contributed by atoms with Crippen molar-refractivity contribution in [2.45, 2.75) is 12.2 Å². The molecule has 2 aliphatic rings. The summed E-state index contributed by atoms with van der Waals surface area (Å²) in [5, 5.41) is 5.45. The lowest BCUT2D eigenvalue weighted by molar-refractivity contribution is -0.186. The third-order valence-corrected chi connectivity index (χ3v) is 6.81. The molecule has 2 aromatic rings. The number of amides is 1. The summed E-state index contributed by atoms with van der Waals surface area (Å²) < 4.78 is 57.1. The minimum absolute atomic E-state index is 0.0594. The molecule has 36 heavy (non-hydrogen) atoms. The summed E-state index contributed by atoms with van der Waals surface area (Å²) in [6.45, 7) is 0.165. The molecule has 14 heteroatoms. The number of hydrogen-bond acceptors (Lipinski definition) is 8. The van der Waals surface area contributed by atoms with Gasteiger partial charge in [-0.25, -0.2) is 14.2 Å². The van der Waals surface area contributed by atoms with Crippen LogP contribution >= 0.6 is 22.9 Å². The van der Waals surface area contributed by atoms with Gasteiger partial charge in [0.1, 0.15) is 11.9 Å². The molecule has 0 radical (unpaired) electrons. The molecule has 0 aliphatic carbocycles. The highest BCUT2D eigenvalue weighted by Crippen LogP contribution is 2.37. The van der Waals surface area contributed by atoms with Crippen molar-refractivity contribution in [1.29, 1.82) is 0 Å². The van der Waals surface area contributed by atoms with Gasteiger partial charge in [0.15, 0.2) is 10.8 Å². The Morgan fingerprint density at radius 3 is 2.56 bits per heavy atom. The Morgan fingerprint density at radius 1 is 1.25 bits per heavy atom. The number of nitrogens with zero attached hydrogens (tertiary/aromatic N) is 4. The number of carbonyl (C=O) groups excluding carboxylic acids is 2. The number of piperazine rings is 1. The van der Waals surface area contributed by atoms with Crippen LogP contribution in [0.3, 0.4) is 0 Å². The van der Waals surface area contributed by atoms with E-state index in [9.17, 15) is 27.2 Å². The first-order valence-corrected chi connectivity index (χ1v) is 11.9. The first-order chi connectivity index (χ1) is 17.1. The molecule has 0 saturated carbocycles. The highest BCUT2D eigenvalue weighted by Gasteiger charge is 2.43. The Bertz CT molecular complexity index is 1210. The molecule has 3 heterocycles. The number of benzene rings is 1. The van der Waals surface area contributed by atoms with Crippen molar-refractivity contribution in [3.05, 3.63) is 62.5 Å². The van der Waals surface area contributed by atoms with Crippen molar-refractivity contribution in [2.75, 3.05) is 39.8 Å². The SMILES string of the molecule is COC(=O)C1=C(CN2CCN(C(=O)C(F)(F)F)CC2)NC(c2nccs2)=NC1c1ccc(F)cc1Cl. The van der Waals surface area contributed by atoms with Gasteiger partial charge in [0.25, 0.3) is 0 Å². The van der Waals surface area contributed by atoms with Gasteiger partial charge in [0, 0.05) is 60.6 Å². The van der Waals surface area contributed by atoms with E-state index in [1.807, 2.05) is 0 Å². The van der Waals surface area contributed by atoms with Crippen LogP contribution in [0.1, 0.15) is 16.6 Å². The van der Waals surface area contributed by atoms with Crippen LogP contribution in [-0.4, -0.2) is 78.5 Å². The number of halogens is 5. The van der Waals surface area contributed by atoms with Gasteiger partial charge in [0.05, 0.1) is 12.7 Å². The largest absolute Gasteiger partial charge is 0.471 e. The Labute approximate surface area is 212 Å². The molecule has 2 aliphatic heterocycles. The predicted molar refractivity (Wildman–Crippen MR) is 124 cm³/mol. The zero-order valence-corrected chi connectivity index (χ0v) is 20.4. The molecule has 1 saturated heterocycles. The monoisotopic (exact) mass is 545 g/mol. The molecule has 0 bridgehead atoms. The Balaban J connectivity index is 1.67. The van der Waals surface area contributed by atoms with Gasteiger partial charge < -0.3 is 15.0 Å². The molecule has 0 spiro atoms. The number of carbonyl (C=O) groups is 2. The number of hydrogen-bond donors (Lipinski definition) is 1. The zero-order chi connectivity index (χ0) is 26.0. The average molecular weight is 546 g/mol. The number of esters is 1. The van der Waals surface area contributed by atoms with E-state index in [0.717, 1.165) is 11.0 Å². The molecule has 192 valence electrons. The van der Waals surface area contributed by atoms with E-state index in [2.05, 4.69) is 15.3 Å². The number of alkyl halides is 3. The van der Waals surface area contributed by atoms with Gasteiger partial charge in [-0.1, -0.05) is 17.7 Å². The maximum atomic E-state index is 13.7. The molecule has 1 fully saturated rings. The first-order valence-electron chi connectivity index (χ1n) is 10.7. The maximum Gasteiger partial charge on any atom is 0.471 e. The van der Waals surface area contributed by atoms with Crippen molar-refractivity contribution in [1.82, 2.24) is 20.1 Å². The molecule has 1 aromatic heterocycles. The van der Waals surface area contributed by atoms with Crippen LogP contribution in [0.4, 0.5) is 17.6 Å². The Morgan fingerprint density at radius 2 is 1.97 bits per heavy atom. The molecule has 4 rings (SSSR count). The Kier molecular flexibility index (Phi) is 7.62. The number of amidine groups is 1. The summed E-state index contributed by atoms with van der Waals surface area (Å²) in [7, 11) is 1.21. The third kappa shape index (κ3) is 5.52. The highest BCUT2D eigenvalue weighted by atomic mass is 35.5. The van der Waals surface area contributed by atoms with Crippen LogP contribution in [0.2, 0.25) is 5.02 Å². The van der Waals surface area contributed by atoms with E-state index < -0.39 is 29.9 Å². The van der Waals surface area contributed by atoms with Crippen molar-refractivity contribution in [2.24, 2.45) is 4.99 Å². The van der Waals surface area contributed by atoms with Gasteiger partial charge in [-0.2, -0.15) is 13.2 Å². The van der Waals surface area contributed by atoms with Crippen molar-refractivity contribution >= 4 is 40.6 Å². The van der Waals surface area contributed by atoms with E-state index in [-0.39, 0.29) is 43.3 Å². The molecular formula is C22H20ClF4N5O3S. The molecular weight excluding hydrogens is 526 g/mol. The quantitative estimate of drug-likeness (QED) is 0.459. The first kappa shape index (κ1) is 26.0. The van der Waals surface area contributed by atoms with Crippen LogP contribution in [0.5, 0.6) is 0 Å². The zero-order valence-electron chi connectivity index (χ0n) is 18.8. The van der Waals surface area contributed by atoms with Gasteiger partial charge in [0.2, 0.25) is 0 Å². The van der Waals surface area contributed by atoms with Crippen LogP contribution in [0, 0.1) is 5.82 Å².